The lowest BCUT2D eigenvalue weighted by Gasteiger charge is -2.31. The van der Waals surface area contributed by atoms with Crippen molar-refractivity contribution >= 4 is 17.8 Å². The van der Waals surface area contributed by atoms with Crippen LogP contribution in [0, 0.1) is 5.92 Å². The van der Waals surface area contributed by atoms with E-state index >= 15 is 0 Å². The van der Waals surface area contributed by atoms with Crippen LogP contribution in [0.5, 0.6) is 0 Å². The Morgan fingerprint density at radius 2 is 1.82 bits per heavy atom. The molecule has 1 saturated carbocycles. The minimum atomic E-state index is -4.94. The van der Waals surface area contributed by atoms with Crippen molar-refractivity contribution in [3.8, 4) is 0 Å². The maximum Gasteiger partial charge on any atom is 0.417 e. The zero-order valence-electron chi connectivity index (χ0n) is 15.2. The van der Waals surface area contributed by atoms with E-state index in [-0.39, 0.29) is 17.9 Å². The molecule has 3 unspecified atom stereocenters. The minimum Gasteiger partial charge on any atom is -0.481 e. The van der Waals surface area contributed by atoms with E-state index in [2.05, 4.69) is 5.32 Å². The average molecular weight is 400 g/mol. The van der Waals surface area contributed by atoms with Gasteiger partial charge in [-0.2, -0.15) is 13.2 Å². The molecule has 0 heterocycles. The molecule has 1 fully saturated rings. The number of carboxylic acids is 1. The summed E-state index contributed by atoms with van der Waals surface area (Å²) in [6.45, 7) is 0. The van der Waals surface area contributed by atoms with Gasteiger partial charge in [0, 0.05) is 18.0 Å². The monoisotopic (exact) mass is 400 g/mol. The lowest BCUT2D eigenvalue weighted by atomic mass is 9.83. The summed E-state index contributed by atoms with van der Waals surface area (Å²) in [6.07, 6.45) is -2.09. The summed E-state index contributed by atoms with van der Waals surface area (Å²) >= 11 is 0. The van der Waals surface area contributed by atoms with Gasteiger partial charge in [-0.1, -0.05) is 31.0 Å². The molecular weight excluding hydrogens is 377 g/mol. The van der Waals surface area contributed by atoms with Gasteiger partial charge >= 0.3 is 12.1 Å². The highest BCUT2D eigenvalue weighted by Crippen LogP contribution is 2.28. The second-order valence-corrected chi connectivity index (χ2v) is 6.98. The molecule has 154 valence electrons. The molecule has 0 saturated heterocycles. The van der Waals surface area contributed by atoms with Crippen molar-refractivity contribution in [2.75, 3.05) is 0 Å². The standard InChI is InChI=1S/C19H23F3N2O4/c20-19(21,22)16(24-17(27)13-6-2-1-3-7-13)18(28)23-14-8-4-5-12(11-14)9-10-15(25)26/h1-3,6-7,12,14,16H,4-5,8-11H2,(H,23,28)(H,24,27)(H,25,26). The topological polar surface area (TPSA) is 95.5 Å². The minimum absolute atomic E-state index is 0.0103. The van der Waals surface area contributed by atoms with Crippen LogP contribution >= 0.6 is 0 Å². The van der Waals surface area contributed by atoms with E-state index in [1.165, 1.54) is 24.3 Å². The molecule has 0 aliphatic heterocycles. The van der Waals surface area contributed by atoms with Gasteiger partial charge in [-0.25, -0.2) is 0 Å². The largest absolute Gasteiger partial charge is 0.481 e. The van der Waals surface area contributed by atoms with E-state index in [4.69, 9.17) is 5.11 Å². The van der Waals surface area contributed by atoms with E-state index in [1.807, 2.05) is 0 Å². The fourth-order valence-corrected chi connectivity index (χ4v) is 3.40. The summed E-state index contributed by atoms with van der Waals surface area (Å²) in [6, 6.07) is 4.23. The Hall–Kier alpha value is -2.58. The molecule has 3 atom stereocenters. The summed E-state index contributed by atoms with van der Waals surface area (Å²) in [5, 5.41) is 12.9. The lowest BCUT2D eigenvalue weighted by molar-refractivity contribution is -0.167. The van der Waals surface area contributed by atoms with Crippen LogP contribution in [0.4, 0.5) is 13.2 Å². The van der Waals surface area contributed by atoms with Crippen LogP contribution in [0.15, 0.2) is 30.3 Å². The number of hydrogen-bond acceptors (Lipinski definition) is 3. The molecule has 2 amide bonds. The van der Waals surface area contributed by atoms with Crippen molar-refractivity contribution < 1.29 is 32.7 Å². The van der Waals surface area contributed by atoms with Gasteiger partial charge in [0.2, 0.25) is 6.04 Å². The number of alkyl halides is 3. The first-order chi connectivity index (χ1) is 13.2. The molecule has 0 aromatic heterocycles. The molecule has 1 aliphatic rings. The van der Waals surface area contributed by atoms with Crippen molar-refractivity contribution in [2.45, 2.75) is 56.8 Å². The number of amides is 2. The van der Waals surface area contributed by atoms with Gasteiger partial charge in [-0.15, -0.1) is 0 Å². The molecule has 1 aliphatic carbocycles. The first kappa shape index (κ1) is 21.7. The van der Waals surface area contributed by atoms with Gasteiger partial charge in [-0.3, -0.25) is 14.4 Å². The van der Waals surface area contributed by atoms with Crippen LogP contribution in [0.3, 0.4) is 0 Å². The zero-order valence-corrected chi connectivity index (χ0v) is 15.2. The predicted octanol–water partition coefficient (Wildman–Crippen LogP) is 2.89. The van der Waals surface area contributed by atoms with Crippen LogP contribution in [0.2, 0.25) is 0 Å². The van der Waals surface area contributed by atoms with E-state index < -0.39 is 36.0 Å². The molecule has 6 nitrogen and oxygen atoms in total. The number of benzene rings is 1. The third-order valence-corrected chi connectivity index (χ3v) is 4.80. The number of rotatable bonds is 7. The Kier molecular flexibility index (Phi) is 7.42. The highest BCUT2D eigenvalue weighted by atomic mass is 19.4. The Morgan fingerprint density at radius 1 is 1.14 bits per heavy atom. The highest BCUT2D eigenvalue weighted by Gasteiger charge is 2.46. The molecule has 0 radical (unpaired) electrons. The zero-order chi connectivity index (χ0) is 20.7. The van der Waals surface area contributed by atoms with Gasteiger partial charge in [0.1, 0.15) is 0 Å². The number of halogens is 3. The van der Waals surface area contributed by atoms with E-state index in [1.54, 1.807) is 11.4 Å². The summed E-state index contributed by atoms with van der Waals surface area (Å²) in [4.78, 5) is 35.0. The van der Waals surface area contributed by atoms with Crippen molar-refractivity contribution in [1.82, 2.24) is 10.6 Å². The number of carbonyl (C=O) groups excluding carboxylic acids is 2. The Labute approximate surface area is 160 Å². The van der Waals surface area contributed by atoms with Crippen LogP contribution in [-0.4, -0.2) is 41.2 Å². The van der Waals surface area contributed by atoms with E-state index in [0.29, 0.717) is 25.7 Å². The maximum atomic E-state index is 13.3. The summed E-state index contributed by atoms with van der Waals surface area (Å²) in [5.41, 5.74) is 0.0240. The van der Waals surface area contributed by atoms with Gasteiger partial charge in [0.05, 0.1) is 0 Å². The van der Waals surface area contributed by atoms with Crippen LogP contribution in [0.1, 0.15) is 48.9 Å². The van der Waals surface area contributed by atoms with Crippen LogP contribution < -0.4 is 10.6 Å². The average Bonchev–Trinajstić information content (AvgIpc) is 2.64. The highest BCUT2D eigenvalue weighted by molar-refractivity contribution is 5.97. The van der Waals surface area contributed by atoms with Crippen molar-refractivity contribution in [1.29, 1.82) is 0 Å². The summed E-state index contributed by atoms with van der Waals surface area (Å²) in [5.74, 6) is -3.17. The first-order valence-corrected chi connectivity index (χ1v) is 9.11. The van der Waals surface area contributed by atoms with Crippen LogP contribution in [0.25, 0.3) is 0 Å². The number of hydrogen-bond donors (Lipinski definition) is 3. The quantitative estimate of drug-likeness (QED) is 0.656. The van der Waals surface area contributed by atoms with Crippen molar-refractivity contribution in [3.05, 3.63) is 35.9 Å². The maximum absolute atomic E-state index is 13.3. The number of aliphatic carboxylic acids is 1. The fourth-order valence-electron chi connectivity index (χ4n) is 3.40. The normalized spacial score (nSPS) is 20.8. The number of carboxylic acid groups (broad SMARTS) is 1. The molecule has 1 aromatic carbocycles. The Morgan fingerprint density at radius 3 is 2.43 bits per heavy atom. The predicted molar refractivity (Wildman–Crippen MR) is 94.5 cm³/mol. The summed E-state index contributed by atoms with van der Waals surface area (Å²) in [7, 11) is 0. The van der Waals surface area contributed by atoms with Crippen LogP contribution in [-0.2, 0) is 9.59 Å². The number of nitrogens with one attached hydrogen (secondary N) is 2. The lowest BCUT2D eigenvalue weighted by Crippen LogP contribution is -2.57. The van der Waals surface area contributed by atoms with Gasteiger partial charge in [0.25, 0.3) is 11.8 Å². The molecule has 3 N–H and O–H groups in total. The van der Waals surface area contributed by atoms with Crippen molar-refractivity contribution in [2.24, 2.45) is 5.92 Å². The Bertz CT molecular complexity index is 694. The SMILES string of the molecule is O=C(O)CCC1CCCC(NC(=O)C(NC(=O)c2ccccc2)C(F)(F)F)C1. The molecular formula is C19H23F3N2O4. The first-order valence-electron chi connectivity index (χ1n) is 9.11. The van der Waals surface area contributed by atoms with E-state index in [0.717, 1.165) is 6.42 Å². The third-order valence-electron chi connectivity index (χ3n) is 4.80. The van der Waals surface area contributed by atoms with Crippen molar-refractivity contribution in [3.63, 3.8) is 0 Å². The van der Waals surface area contributed by atoms with Gasteiger partial charge < -0.3 is 15.7 Å². The second kappa shape index (κ2) is 9.57. The molecule has 1 aromatic rings. The van der Waals surface area contributed by atoms with Gasteiger partial charge in [0.15, 0.2) is 0 Å². The number of carbonyl (C=O) groups is 3. The second-order valence-electron chi connectivity index (χ2n) is 6.98. The molecule has 0 spiro atoms. The molecule has 0 bridgehead atoms. The van der Waals surface area contributed by atoms with Gasteiger partial charge in [-0.05, 0) is 37.3 Å². The third kappa shape index (κ3) is 6.54. The molecule has 28 heavy (non-hydrogen) atoms. The molecule has 2 rings (SSSR count). The smallest absolute Gasteiger partial charge is 0.417 e. The summed E-state index contributed by atoms with van der Waals surface area (Å²) < 4.78 is 40.0. The molecule has 9 heteroatoms. The fraction of sp³-hybridized carbons (Fsp3) is 0.526. The van der Waals surface area contributed by atoms with E-state index in [9.17, 15) is 27.6 Å². The Balaban J connectivity index is 1.99.